The number of rotatable bonds is 9. The van der Waals surface area contributed by atoms with Gasteiger partial charge < -0.3 is 25.3 Å². The summed E-state index contributed by atoms with van der Waals surface area (Å²) >= 11 is 0. The molecule has 0 aliphatic heterocycles. The standard InChI is InChI=1S/C22H30N4O3/c1-3-27-18-11-12-20(28-4-2)19(14-18)26-22(23)25-15-16-8-7-13-24-21(16)29-17-9-5-6-10-17/h7-8,11-14,17H,3-6,9-10,15H2,1-2H3,(H3,23,25,26). The summed E-state index contributed by atoms with van der Waals surface area (Å²) in [4.78, 5) is 8.85. The monoisotopic (exact) mass is 398 g/mol. The first kappa shape index (κ1) is 20.8. The molecular formula is C22H30N4O3. The number of pyridine rings is 1. The van der Waals surface area contributed by atoms with Gasteiger partial charge in [0.2, 0.25) is 5.88 Å². The van der Waals surface area contributed by atoms with Crippen LogP contribution >= 0.6 is 0 Å². The molecule has 156 valence electrons. The first-order valence-electron chi connectivity index (χ1n) is 10.3. The minimum atomic E-state index is 0.248. The number of aromatic nitrogens is 1. The first-order chi connectivity index (χ1) is 14.2. The van der Waals surface area contributed by atoms with Crippen LogP contribution in [0.2, 0.25) is 0 Å². The molecule has 0 spiro atoms. The van der Waals surface area contributed by atoms with Gasteiger partial charge in [0.15, 0.2) is 5.96 Å². The predicted molar refractivity (Wildman–Crippen MR) is 115 cm³/mol. The van der Waals surface area contributed by atoms with Crippen molar-refractivity contribution in [3.63, 3.8) is 0 Å². The third-order valence-corrected chi connectivity index (χ3v) is 4.67. The van der Waals surface area contributed by atoms with Crippen LogP contribution in [-0.2, 0) is 6.54 Å². The lowest BCUT2D eigenvalue weighted by molar-refractivity contribution is 0.199. The van der Waals surface area contributed by atoms with Crippen LogP contribution in [0.25, 0.3) is 0 Å². The molecule has 7 heteroatoms. The summed E-state index contributed by atoms with van der Waals surface area (Å²) < 4.78 is 17.3. The maximum absolute atomic E-state index is 6.14. The van der Waals surface area contributed by atoms with Crippen molar-refractivity contribution in [3.8, 4) is 17.4 Å². The SMILES string of the molecule is CCOc1ccc(OCC)c(NC(N)=NCc2cccnc2OC2CCCC2)c1. The second-order valence-electron chi connectivity index (χ2n) is 6.84. The molecule has 3 N–H and O–H groups in total. The molecule has 1 fully saturated rings. The van der Waals surface area contributed by atoms with Crippen LogP contribution in [0.3, 0.4) is 0 Å². The van der Waals surface area contributed by atoms with Crippen LogP contribution in [0.15, 0.2) is 41.5 Å². The van der Waals surface area contributed by atoms with E-state index in [-0.39, 0.29) is 12.1 Å². The molecule has 0 saturated heterocycles. The van der Waals surface area contributed by atoms with E-state index in [2.05, 4.69) is 15.3 Å². The molecule has 1 aromatic heterocycles. The minimum Gasteiger partial charge on any atom is -0.494 e. The summed E-state index contributed by atoms with van der Waals surface area (Å²) in [6, 6.07) is 9.44. The Labute approximate surface area is 172 Å². The van der Waals surface area contributed by atoms with Crippen molar-refractivity contribution < 1.29 is 14.2 Å². The van der Waals surface area contributed by atoms with Crippen LogP contribution < -0.4 is 25.3 Å². The van der Waals surface area contributed by atoms with Crippen molar-refractivity contribution in [1.29, 1.82) is 0 Å². The van der Waals surface area contributed by atoms with Crippen LogP contribution in [0, 0.1) is 0 Å². The van der Waals surface area contributed by atoms with Gasteiger partial charge in [-0.3, -0.25) is 0 Å². The molecule has 0 bridgehead atoms. The molecule has 7 nitrogen and oxygen atoms in total. The van der Waals surface area contributed by atoms with Crippen molar-refractivity contribution in [1.82, 2.24) is 4.98 Å². The lowest BCUT2D eigenvalue weighted by Gasteiger charge is -2.15. The summed E-state index contributed by atoms with van der Waals surface area (Å²) in [6.07, 6.45) is 6.58. The summed E-state index contributed by atoms with van der Waals surface area (Å²) in [5, 5.41) is 3.12. The molecule has 1 aliphatic rings. The van der Waals surface area contributed by atoms with E-state index in [1.165, 1.54) is 12.8 Å². The van der Waals surface area contributed by atoms with Crippen LogP contribution in [0.4, 0.5) is 5.69 Å². The normalized spacial score (nSPS) is 14.6. The molecule has 2 aromatic rings. The highest BCUT2D eigenvalue weighted by atomic mass is 16.5. The zero-order valence-corrected chi connectivity index (χ0v) is 17.2. The van der Waals surface area contributed by atoms with Crippen LogP contribution in [-0.4, -0.2) is 30.3 Å². The topological polar surface area (TPSA) is 91.0 Å². The summed E-state index contributed by atoms with van der Waals surface area (Å²) in [5.41, 5.74) is 7.77. The molecule has 1 saturated carbocycles. The quantitative estimate of drug-likeness (QED) is 0.488. The number of aliphatic imine (C=N–C) groups is 1. The molecule has 1 heterocycles. The lowest BCUT2D eigenvalue weighted by atomic mass is 10.2. The molecule has 0 radical (unpaired) electrons. The van der Waals surface area contributed by atoms with Gasteiger partial charge in [0, 0.05) is 17.8 Å². The summed E-state index contributed by atoms with van der Waals surface area (Å²) in [6.45, 7) is 5.40. The first-order valence-corrected chi connectivity index (χ1v) is 10.3. The van der Waals surface area contributed by atoms with Gasteiger partial charge in [-0.05, 0) is 57.7 Å². The van der Waals surface area contributed by atoms with Crippen LogP contribution in [0.5, 0.6) is 17.4 Å². The van der Waals surface area contributed by atoms with Gasteiger partial charge in [0.05, 0.1) is 25.4 Å². The Hall–Kier alpha value is -2.96. The van der Waals surface area contributed by atoms with Gasteiger partial charge in [0.1, 0.15) is 17.6 Å². The van der Waals surface area contributed by atoms with Gasteiger partial charge in [0.25, 0.3) is 0 Å². The number of guanidine groups is 1. The second kappa shape index (κ2) is 10.5. The summed E-state index contributed by atoms with van der Waals surface area (Å²) in [5.74, 6) is 2.37. The van der Waals surface area contributed by atoms with Gasteiger partial charge in [-0.25, -0.2) is 9.98 Å². The molecule has 1 aliphatic carbocycles. The zero-order valence-electron chi connectivity index (χ0n) is 17.2. The van der Waals surface area contributed by atoms with E-state index in [9.17, 15) is 0 Å². The molecule has 29 heavy (non-hydrogen) atoms. The Morgan fingerprint density at radius 1 is 1.17 bits per heavy atom. The average molecular weight is 399 g/mol. The number of benzene rings is 1. The van der Waals surface area contributed by atoms with Crippen molar-refractivity contribution in [2.75, 3.05) is 18.5 Å². The fraction of sp³-hybridized carbons (Fsp3) is 0.455. The fourth-order valence-electron chi connectivity index (χ4n) is 3.31. The van der Waals surface area contributed by atoms with E-state index in [1.807, 2.05) is 44.2 Å². The van der Waals surface area contributed by atoms with E-state index in [0.717, 1.165) is 24.2 Å². The third-order valence-electron chi connectivity index (χ3n) is 4.67. The molecular weight excluding hydrogens is 368 g/mol. The highest BCUT2D eigenvalue weighted by Gasteiger charge is 2.18. The Morgan fingerprint density at radius 3 is 2.72 bits per heavy atom. The van der Waals surface area contributed by atoms with Gasteiger partial charge in [-0.15, -0.1) is 0 Å². The van der Waals surface area contributed by atoms with E-state index in [4.69, 9.17) is 19.9 Å². The highest BCUT2D eigenvalue weighted by molar-refractivity contribution is 5.94. The maximum Gasteiger partial charge on any atom is 0.218 e. The van der Waals surface area contributed by atoms with E-state index >= 15 is 0 Å². The van der Waals surface area contributed by atoms with Crippen molar-refractivity contribution in [2.45, 2.75) is 52.2 Å². The number of nitrogens with one attached hydrogen (secondary N) is 1. The Kier molecular flexibility index (Phi) is 7.55. The molecule has 0 amide bonds. The van der Waals surface area contributed by atoms with Crippen molar-refractivity contribution in [3.05, 3.63) is 42.1 Å². The maximum atomic E-state index is 6.14. The number of hydrogen-bond donors (Lipinski definition) is 2. The number of nitrogens with two attached hydrogens (primary N) is 1. The Morgan fingerprint density at radius 2 is 1.97 bits per heavy atom. The Balaban J connectivity index is 1.70. The zero-order chi connectivity index (χ0) is 20.5. The summed E-state index contributed by atoms with van der Waals surface area (Å²) in [7, 11) is 0. The largest absolute Gasteiger partial charge is 0.494 e. The lowest BCUT2D eigenvalue weighted by Crippen LogP contribution is -2.23. The number of ether oxygens (including phenoxy) is 3. The molecule has 0 unspecified atom stereocenters. The number of hydrogen-bond acceptors (Lipinski definition) is 5. The predicted octanol–water partition coefficient (Wildman–Crippen LogP) is 4.13. The Bertz CT molecular complexity index is 819. The number of nitrogens with zero attached hydrogens (tertiary/aromatic N) is 2. The molecule has 3 rings (SSSR count). The fourth-order valence-corrected chi connectivity index (χ4v) is 3.31. The van der Waals surface area contributed by atoms with E-state index in [0.29, 0.717) is 37.1 Å². The van der Waals surface area contributed by atoms with E-state index < -0.39 is 0 Å². The van der Waals surface area contributed by atoms with Crippen molar-refractivity contribution in [2.24, 2.45) is 10.7 Å². The third kappa shape index (κ3) is 6.01. The van der Waals surface area contributed by atoms with Crippen LogP contribution in [0.1, 0.15) is 45.1 Å². The smallest absolute Gasteiger partial charge is 0.218 e. The molecule has 0 atom stereocenters. The van der Waals surface area contributed by atoms with E-state index in [1.54, 1.807) is 6.20 Å². The average Bonchev–Trinajstić information content (AvgIpc) is 3.23. The van der Waals surface area contributed by atoms with Gasteiger partial charge in [-0.2, -0.15) is 0 Å². The minimum absolute atomic E-state index is 0.248. The highest BCUT2D eigenvalue weighted by Crippen LogP contribution is 2.29. The molecule has 1 aromatic carbocycles. The van der Waals surface area contributed by atoms with Crippen molar-refractivity contribution >= 4 is 11.6 Å². The second-order valence-corrected chi connectivity index (χ2v) is 6.84. The van der Waals surface area contributed by atoms with Gasteiger partial charge in [-0.1, -0.05) is 6.07 Å². The van der Waals surface area contributed by atoms with Gasteiger partial charge >= 0.3 is 0 Å². The number of anilines is 1.